The molecule has 0 heterocycles. The first-order valence-electron chi connectivity index (χ1n) is 5.57. The molecule has 1 rings (SSSR count). The fraction of sp³-hybridized carbons (Fsp3) is 0.429. The second kappa shape index (κ2) is 5.28. The average Bonchev–Trinajstić information content (AvgIpc) is 2.16. The quantitative estimate of drug-likeness (QED) is 0.769. The topological polar surface area (TPSA) is 29.3 Å². The van der Waals surface area contributed by atoms with Gasteiger partial charge >= 0.3 is 0 Å². The third-order valence-corrected chi connectivity index (χ3v) is 2.56. The molecule has 1 atom stereocenters. The lowest BCUT2D eigenvalue weighted by Crippen LogP contribution is -2.45. The van der Waals surface area contributed by atoms with Crippen molar-refractivity contribution in [1.29, 1.82) is 0 Å². The van der Waals surface area contributed by atoms with Crippen LogP contribution in [-0.2, 0) is 5.54 Å². The number of nitrogens with zero attached hydrogens (tertiary/aromatic N) is 1. The zero-order valence-corrected chi connectivity index (χ0v) is 10.5. The first kappa shape index (κ1) is 12.9. The van der Waals surface area contributed by atoms with Crippen molar-refractivity contribution in [2.45, 2.75) is 18.9 Å². The summed E-state index contributed by atoms with van der Waals surface area (Å²) in [6, 6.07) is 10.3. The van der Waals surface area contributed by atoms with Gasteiger partial charge in [-0.15, -0.1) is 6.58 Å². The molecule has 0 saturated heterocycles. The Morgan fingerprint density at radius 3 is 2.31 bits per heavy atom. The molecular weight excluding hydrogens is 196 g/mol. The Kier molecular flexibility index (Phi) is 4.27. The second-order valence-corrected chi connectivity index (χ2v) is 4.89. The highest BCUT2D eigenvalue weighted by Crippen LogP contribution is 2.25. The van der Waals surface area contributed by atoms with Crippen LogP contribution >= 0.6 is 0 Å². The summed E-state index contributed by atoms with van der Waals surface area (Å²) in [5.74, 6) is 0. The van der Waals surface area contributed by atoms with Gasteiger partial charge in [0.2, 0.25) is 0 Å². The van der Waals surface area contributed by atoms with Gasteiger partial charge in [-0.2, -0.15) is 0 Å². The molecule has 1 aromatic carbocycles. The SMILES string of the molecule is C=C(C)CC(N)(CN(C)C)c1ccccc1. The van der Waals surface area contributed by atoms with Crippen molar-refractivity contribution in [1.82, 2.24) is 4.90 Å². The van der Waals surface area contributed by atoms with E-state index in [1.165, 1.54) is 5.56 Å². The number of hydrogen-bond donors (Lipinski definition) is 1. The number of rotatable bonds is 5. The standard InChI is InChI=1S/C14H22N2/c1-12(2)10-14(15,11-16(3)4)13-8-6-5-7-9-13/h5-9H,1,10-11,15H2,2-4H3. The van der Waals surface area contributed by atoms with Gasteiger partial charge in [0.25, 0.3) is 0 Å². The molecule has 0 spiro atoms. The predicted molar refractivity (Wildman–Crippen MR) is 70.3 cm³/mol. The molecule has 0 radical (unpaired) electrons. The van der Waals surface area contributed by atoms with Gasteiger partial charge < -0.3 is 10.6 Å². The van der Waals surface area contributed by atoms with Crippen molar-refractivity contribution in [2.75, 3.05) is 20.6 Å². The molecule has 0 saturated carbocycles. The van der Waals surface area contributed by atoms with Crippen molar-refractivity contribution in [3.8, 4) is 0 Å². The number of benzene rings is 1. The van der Waals surface area contributed by atoms with Gasteiger partial charge in [-0.25, -0.2) is 0 Å². The maximum Gasteiger partial charge on any atom is 0.0575 e. The fourth-order valence-electron chi connectivity index (χ4n) is 2.12. The van der Waals surface area contributed by atoms with Crippen LogP contribution in [0, 0.1) is 0 Å². The zero-order chi connectivity index (χ0) is 12.2. The largest absolute Gasteiger partial charge is 0.320 e. The molecule has 0 aromatic heterocycles. The molecule has 88 valence electrons. The Hall–Kier alpha value is -1.12. The summed E-state index contributed by atoms with van der Waals surface area (Å²) < 4.78 is 0. The lowest BCUT2D eigenvalue weighted by Gasteiger charge is -2.33. The Morgan fingerprint density at radius 1 is 1.31 bits per heavy atom. The number of hydrogen-bond acceptors (Lipinski definition) is 2. The number of likely N-dealkylation sites (N-methyl/N-ethyl adjacent to an activating group) is 1. The summed E-state index contributed by atoms with van der Waals surface area (Å²) in [5, 5.41) is 0. The van der Waals surface area contributed by atoms with E-state index < -0.39 is 0 Å². The molecule has 0 fully saturated rings. The smallest absolute Gasteiger partial charge is 0.0575 e. The van der Waals surface area contributed by atoms with Crippen molar-refractivity contribution in [3.05, 3.63) is 48.0 Å². The van der Waals surface area contributed by atoms with E-state index in [1.54, 1.807) is 0 Å². The van der Waals surface area contributed by atoms with Crippen LogP contribution in [0.15, 0.2) is 42.5 Å². The Balaban J connectivity index is 2.99. The lowest BCUT2D eigenvalue weighted by molar-refractivity contribution is 0.283. The molecule has 2 heteroatoms. The molecule has 0 aliphatic carbocycles. The summed E-state index contributed by atoms with van der Waals surface area (Å²) >= 11 is 0. The number of nitrogens with two attached hydrogens (primary N) is 1. The zero-order valence-electron chi connectivity index (χ0n) is 10.5. The van der Waals surface area contributed by atoms with Gasteiger partial charge in [0, 0.05) is 6.54 Å². The van der Waals surface area contributed by atoms with E-state index >= 15 is 0 Å². The summed E-state index contributed by atoms with van der Waals surface area (Å²) in [4.78, 5) is 2.12. The Labute approximate surface area is 98.8 Å². The molecule has 0 bridgehead atoms. The fourth-order valence-corrected chi connectivity index (χ4v) is 2.12. The van der Waals surface area contributed by atoms with Crippen LogP contribution in [0.25, 0.3) is 0 Å². The van der Waals surface area contributed by atoms with Crippen LogP contribution in [0.1, 0.15) is 18.9 Å². The molecule has 2 N–H and O–H groups in total. The van der Waals surface area contributed by atoms with Gasteiger partial charge in [-0.05, 0) is 33.0 Å². The highest BCUT2D eigenvalue weighted by atomic mass is 15.1. The molecule has 1 aromatic rings. The van der Waals surface area contributed by atoms with E-state index in [-0.39, 0.29) is 5.54 Å². The van der Waals surface area contributed by atoms with E-state index in [2.05, 4.69) is 23.6 Å². The molecule has 0 aliphatic heterocycles. The van der Waals surface area contributed by atoms with Crippen LogP contribution in [0.3, 0.4) is 0 Å². The average molecular weight is 218 g/mol. The third-order valence-electron chi connectivity index (χ3n) is 2.56. The van der Waals surface area contributed by atoms with E-state index in [1.807, 2.05) is 39.2 Å². The summed E-state index contributed by atoms with van der Waals surface area (Å²) in [6.07, 6.45) is 0.815. The second-order valence-electron chi connectivity index (χ2n) is 4.89. The van der Waals surface area contributed by atoms with Crippen molar-refractivity contribution in [3.63, 3.8) is 0 Å². The van der Waals surface area contributed by atoms with E-state index in [9.17, 15) is 0 Å². The molecular formula is C14H22N2. The first-order valence-corrected chi connectivity index (χ1v) is 5.57. The minimum Gasteiger partial charge on any atom is -0.320 e. The Bertz CT molecular complexity index is 343. The summed E-state index contributed by atoms with van der Waals surface area (Å²) in [7, 11) is 4.09. The molecule has 1 unspecified atom stereocenters. The predicted octanol–water partition coefficient (Wildman–Crippen LogP) is 2.37. The minimum absolute atomic E-state index is 0.337. The first-order chi connectivity index (χ1) is 7.44. The minimum atomic E-state index is -0.337. The van der Waals surface area contributed by atoms with Gasteiger partial charge in [-0.1, -0.05) is 35.9 Å². The van der Waals surface area contributed by atoms with Crippen LogP contribution in [0.4, 0.5) is 0 Å². The summed E-state index contributed by atoms with van der Waals surface area (Å²) in [5.41, 5.74) is 8.47. The lowest BCUT2D eigenvalue weighted by atomic mass is 9.85. The van der Waals surface area contributed by atoms with Gasteiger partial charge in [0.05, 0.1) is 5.54 Å². The summed E-state index contributed by atoms with van der Waals surface area (Å²) in [6.45, 7) is 6.83. The van der Waals surface area contributed by atoms with E-state index in [0.29, 0.717) is 0 Å². The van der Waals surface area contributed by atoms with Crippen LogP contribution < -0.4 is 5.73 Å². The molecule has 0 amide bonds. The van der Waals surface area contributed by atoms with E-state index in [4.69, 9.17) is 5.73 Å². The van der Waals surface area contributed by atoms with Crippen LogP contribution in [0.2, 0.25) is 0 Å². The van der Waals surface area contributed by atoms with Gasteiger partial charge in [-0.3, -0.25) is 0 Å². The highest BCUT2D eigenvalue weighted by molar-refractivity contribution is 5.26. The molecule has 0 aliphatic rings. The monoisotopic (exact) mass is 218 g/mol. The third kappa shape index (κ3) is 3.47. The van der Waals surface area contributed by atoms with Gasteiger partial charge in [0.1, 0.15) is 0 Å². The van der Waals surface area contributed by atoms with Crippen LogP contribution in [0.5, 0.6) is 0 Å². The van der Waals surface area contributed by atoms with Gasteiger partial charge in [0.15, 0.2) is 0 Å². The van der Waals surface area contributed by atoms with E-state index in [0.717, 1.165) is 18.5 Å². The van der Waals surface area contributed by atoms with Crippen LogP contribution in [-0.4, -0.2) is 25.5 Å². The maximum absolute atomic E-state index is 6.52. The molecule has 2 nitrogen and oxygen atoms in total. The highest BCUT2D eigenvalue weighted by Gasteiger charge is 2.27. The van der Waals surface area contributed by atoms with Crippen molar-refractivity contribution in [2.24, 2.45) is 5.73 Å². The normalized spacial score (nSPS) is 14.8. The van der Waals surface area contributed by atoms with Crippen molar-refractivity contribution >= 4 is 0 Å². The molecule has 16 heavy (non-hydrogen) atoms. The Morgan fingerprint density at radius 2 is 1.88 bits per heavy atom. The van der Waals surface area contributed by atoms with Crippen molar-refractivity contribution < 1.29 is 0 Å². The maximum atomic E-state index is 6.52.